The van der Waals surface area contributed by atoms with Crippen LogP contribution in [-0.4, -0.2) is 19.4 Å². The maximum absolute atomic E-state index is 11.5. The van der Waals surface area contributed by atoms with Crippen LogP contribution in [0, 0.1) is 6.92 Å². The second kappa shape index (κ2) is 6.60. The van der Waals surface area contributed by atoms with E-state index in [4.69, 9.17) is 5.73 Å². The van der Waals surface area contributed by atoms with Crippen LogP contribution < -0.4 is 10.5 Å². The molecule has 0 fully saturated rings. The molecule has 0 saturated carbocycles. The van der Waals surface area contributed by atoms with Crippen molar-refractivity contribution in [2.24, 2.45) is 5.73 Å². The molecular weight excluding hydrogens is 270 g/mol. The fraction of sp³-hybridized carbons (Fsp3) is 0.455. The maximum Gasteiger partial charge on any atom is 0.385 e. The number of aryl methyl sites for hydroxylation is 1. The van der Waals surface area contributed by atoms with Crippen molar-refractivity contribution in [2.75, 3.05) is 0 Å². The molecule has 8 heteroatoms. The van der Waals surface area contributed by atoms with E-state index in [0.717, 1.165) is 11.3 Å². The number of carbonyl (C=O) groups excluding carboxylic acids is 1. The molecule has 0 bridgehead atoms. The second-order valence-electron chi connectivity index (χ2n) is 3.88. The van der Waals surface area contributed by atoms with Gasteiger partial charge in [0, 0.05) is 31.4 Å². The molecule has 0 aliphatic heterocycles. The first-order valence-corrected chi connectivity index (χ1v) is 7.15. The second-order valence-corrected chi connectivity index (χ2v) is 5.25. The fourth-order valence-corrected chi connectivity index (χ4v) is 2.12. The van der Waals surface area contributed by atoms with Gasteiger partial charge in [0.05, 0.1) is 0 Å². The van der Waals surface area contributed by atoms with Gasteiger partial charge in [-0.1, -0.05) is 6.92 Å². The fourth-order valence-electron chi connectivity index (χ4n) is 1.37. The van der Waals surface area contributed by atoms with E-state index in [9.17, 15) is 13.2 Å². The van der Waals surface area contributed by atoms with E-state index >= 15 is 0 Å². The van der Waals surface area contributed by atoms with Crippen LogP contribution in [0.5, 0.6) is 0 Å². The first-order valence-electron chi connectivity index (χ1n) is 5.74. The van der Waals surface area contributed by atoms with Crippen molar-refractivity contribution in [1.82, 2.24) is 9.71 Å². The summed E-state index contributed by atoms with van der Waals surface area (Å²) in [6, 6.07) is 1.73. The van der Waals surface area contributed by atoms with Crippen molar-refractivity contribution in [2.45, 2.75) is 33.4 Å². The average Bonchev–Trinajstić information content (AvgIpc) is 2.36. The highest BCUT2D eigenvalue weighted by molar-refractivity contribution is 7.85. The quantitative estimate of drug-likeness (QED) is 0.769. The Bertz CT molecular complexity index is 557. The number of pyridine rings is 1. The van der Waals surface area contributed by atoms with Crippen LogP contribution in [0.3, 0.4) is 0 Å². The molecule has 1 aromatic rings. The summed E-state index contributed by atoms with van der Waals surface area (Å²) < 4.78 is 29.4. The lowest BCUT2D eigenvalue weighted by atomic mass is 10.1. The Labute approximate surface area is 112 Å². The normalized spacial score (nSPS) is 11.3. The van der Waals surface area contributed by atoms with Crippen molar-refractivity contribution in [1.29, 1.82) is 0 Å². The lowest BCUT2D eigenvalue weighted by molar-refractivity contribution is -0.133. The SMILES string of the molecule is CCC(=O)OS(=O)(=O)NCc1cc(C)ncc1CN. The Morgan fingerprint density at radius 1 is 1.47 bits per heavy atom. The number of carbonyl (C=O) groups is 1. The zero-order valence-corrected chi connectivity index (χ0v) is 11.7. The van der Waals surface area contributed by atoms with Crippen LogP contribution >= 0.6 is 0 Å². The standard InChI is InChI=1S/C11H17N3O4S/c1-3-11(15)18-19(16,17)14-7-9-4-8(2)13-6-10(9)5-12/h4,6,14H,3,5,7,12H2,1-2H3. The number of rotatable bonds is 6. The van der Waals surface area contributed by atoms with E-state index in [1.165, 1.54) is 6.92 Å². The summed E-state index contributed by atoms with van der Waals surface area (Å²) in [4.78, 5) is 15.0. The van der Waals surface area contributed by atoms with Gasteiger partial charge in [-0.15, -0.1) is 0 Å². The van der Waals surface area contributed by atoms with Gasteiger partial charge in [-0.2, -0.15) is 13.1 Å². The summed E-state index contributed by atoms with van der Waals surface area (Å²) in [6.45, 7) is 3.54. The molecule has 0 amide bonds. The van der Waals surface area contributed by atoms with Crippen molar-refractivity contribution in [3.8, 4) is 0 Å². The zero-order valence-electron chi connectivity index (χ0n) is 10.8. The van der Waals surface area contributed by atoms with E-state index in [1.54, 1.807) is 19.2 Å². The summed E-state index contributed by atoms with van der Waals surface area (Å²) in [5, 5.41) is 0. The van der Waals surface area contributed by atoms with Crippen molar-refractivity contribution < 1.29 is 17.4 Å². The number of aromatic nitrogens is 1. The molecule has 0 aliphatic rings. The highest BCUT2D eigenvalue weighted by Gasteiger charge is 2.16. The van der Waals surface area contributed by atoms with Crippen LogP contribution in [0.2, 0.25) is 0 Å². The summed E-state index contributed by atoms with van der Waals surface area (Å²) in [5.41, 5.74) is 7.72. The van der Waals surface area contributed by atoms with Gasteiger partial charge < -0.3 is 9.92 Å². The first kappa shape index (κ1) is 15.5. The predicted octanol–water partition coefficient (Wildman–Crippen LogP) is 0.136. The Morgan fingerprint density at radius 2 is 2.16 bits per heavy atom. The maximum atomic E-state index is 11.5. The minimum Gasteiger partial charge on any atom is -0.334 e. The average molecular weight is 287 g/mol. The summed E-state index contributed by atoms with van der Waals surface area (Å²) >= 11 is 0. The third-order valence-corrected chi connectivity index (χ3v) is 3.27. The van der Waals surface area contributed by atoms with E-state index in [0.29, 0.717) is 5.56 Å². The molecule has 1 rings (SSSR count). The summed E-state index contributed by atoms with van der Waals surface area (Å²) in [5.74, 6) is -0.808. The monoisotopic (exact) mass is 287 g/mol. The van der Waals surface area contributed by atoms with Crippen LogP contribution in [0.15, 0.2) is 12.3 Å². The van der Waals surface area contributed by atoms with E-state index < -0.39 is 16.3 Å². The number of hydrogen-bond acceptors (Lipinski definition) is 6. The summed E-state index contributed by atoms with van der Waals surface area (Å²) in [7, 11) is -4.09. The first-order chi connectivity index (χ1) is 8.88. The van der Waals surface area contributed by atoms with Gasteiger partial charge in [0.2, 0.25) is 0 Å². The summed E-state index contributed by atoms with van der Waals surface area (Å²) in [6.07, 6.45) is 1.58. The Kier molecular flexibility index (Phi) is 5.40. The van der Waals surface area contributed by atoms with E-state index in [1.807, 2.05) is 0 Å². The van der Waals surface area contributed by atoms with Gasteiger partial charge in [-0.05, 0) is 24.1 Å². The lowest BCUT2D eigenvalue weighted by Crippen LogP contribution is -2.28. The van der Waals surface area contributed by atoms with Gasteiger partial charge in [0.15, 0.2) is 0 Å². The Morgan fingerprint density at radius 3 is 2.74 bits per heavy atom. The molecule has 7 nitrogen and oxygen atoms in total. The Balaban J connectivity index is 2.76. The molecular formula is C11H17N3O4S. The van der Waals surface area contributed by atoms with Crippen molar-refractivity contribution in [3.05, 3.63) is 29.1 Å². The van der Waals surface area contributed by atoms with Crippen LogP contribution in [0.1, 0.15) is 30.2 Å². The molecule has 19 heavy (non-hydrogen) atoms. The number of nitrogens with one attached hydrogen (secondary N) is 1. The largest absolute Gasteiger partial charge is 0.385 e. The molecule has 106 valence electrons. The number of nitrogens with two attached hydrogens (primary N) is 1. The molecule has 3 N–H and O–H groups in total. The molecule has 0 atom stereocenters. The van der Waals surface area contributed by atoms with Crippen LogP contribution in [-0.2, 0) is 32.4 Å². The third kappa shape index (κ3) is 4.93. The van der Waals surface area contributed by atoms with Crippen LogP contribution in [0.4, 0.5) is 0 Å². The number of hydrogen-bond donors (Lipinski definition) is 2. The highest BCUT2D eigenvalue weighted by Crippen LogP contribution is 2.09. The van der Waals surface area contributed by atoms with Gasteiger partial charge in [0.1, 0.15) is 0 Å². The molecule has 0 saturated heterocycles. The minimum absolute atomic E-state index is 0.00474. The smallest absolute Gasteiger partial charge is 0.334 e. The van der Waals surface area contributed by atoms with E-state index in [2.05, 4.69) is 13.9 Å². The molecule has 1 aromatic heterocycles. The molecule has 0 aliphatic carbocycles. The van der Waals surface area contributed by atoms with Crippen molar-refractivity contribution >= 4 is 16.3 Å². The highest BCUT2D eigenvalue weighted by atomic mass is 32.2. The molecule has 0 aromatic carbocycles. The zero-order chi connectivity index (χ0) is 14.5. The minimum atomic E-state index is -4.09. The van der Waals surface area contributed by atoms with Gasteiger partial charge in [-0.3, -0.25) is 9.78 Å². The topological polar surface area (TPSA) is 111 Å². The van der Waals surface area contributed by atoms with Gasteiger partial charge >= 0.3 is 16.3 Å². The van der Waals surface area contributed by atoms with Gasteiger partial charge in [0.25, 0.3) is 0 Å². The third-order valence-electron chi connectivity index (χ3n) is 2.37. The lowest BCUT2D eigenvalue weighted by Gasteiger charge is -2.10. The Hall–Kier alpha value is -1.51. The van der Waals surface area contributed by atoms with Crippen LogP contribution in [0.25, 0.3) is 0 Å². The molecule has 0 spiro atoms. The molecule has 0 radical (unpaired) electrons. The van der Waals surface area contributed by atoms with Gasteiger partial charge in [-0.25, -0.2) is 0 Å². The molecule has 0 unspecified atom stereocenters. The molecule has 1 heterocycles. The number of nitrogens with zero attached hydrogens (tertiary/aromatic N) is 1. The van der Waals surface area contributed by atoms with E-state index in [-0.39, 0.29) is 19.5 Å². The van der Waals surface area contributed by atoms with Crippen molar-refractivity contribution in [3.63, 3.8) is 0 Å². The predicted molar refractivity (Wildman–Crippen MR) is 69.0 cm³/mol.